The van der Waals surface area contributed by atoms with Gasteiger partial charge in [0.05, 0.1) is 0 Å². The van der Waals surface area contributed by atoms with Gasteiger partial charge in [-0.15, -0.1) is 0 Å². The molecule has 0 aromatic heterocycles. The number of amides is 1. The highest BCUT2D eigenvalue weighted by Crippen LogP contribution is 2.45. The molecule has 1 rings (SSSR count). The molecular formula is C12H19F3N2O3. The number of carbonyl (C=O) groups excluding carboxylic acids is 1. The highest BCUT2D eigenvalue weighted by atomic mass is 19.4. The van der Waals surface area contributed by atoms with E-state index in [4.69, 9.17) is 5.11 Å². The van der Waals surface area contributed by atoms with Crippen LogP contribution in [0.25, 0.3) is 0 Å². The molecule has 2 N–H and O–H groups in total. The topological polar surface area (TPSA) is 69.6 Å². The lowest BCUT2D eigenvalue weighted by Crippen LogP contribution is -2.48. The van der Waals surface area contributed by atoms with Crippen molar-refractivity contribution in [3.05, 3.63) is 0 Å². The zero-order chi connectivity index (χ0) is 15.6. The van der Waals surface area contributed by atoms with Crippen molar-refractivity contribution in [2.75, 3.05) is 19.6 Å². The van der Waals surface area contributed by atoms with Crippen molar-refractivity contribution in [2.24, 2.45) is 5.41 Å². The molecule has 0 saturated carbocycles. The molecule has 1 heterocycles. The fraction of sp³-hybridized carbons (Fsp3) is 0.833. The monoisotopic (exact) mass is 296 g/mol. The van der Waals surface area contributed by atoms with Crippen LogP contribution in [-0.2, 0) is 9.59 Å². The van der Waals surface area contributed by atoms with Crippen LogP contribution in [0.5, 0.6) is 0 Å². The van der Waals surface area contributed by atoms with Crippen molar-refractivity contribution in [1.29, 1.82) is 0 Å². The van der Waals surface area contributed by atoms with Gasteiger partial charge in [-0.25, -0.2) is 0 Å². The summed E-state index contributed by atoms with van der Waals surface area (Å²) in [7, 11) is 0. The lowest BCUT2D eigenvalue weighted by atomic mass is 9.86. The van der Waals surface area contributed by atoms with Gasteiger partial charge in [0, 0.05) is 25.6 Å². The minimum atomic E-state index is -4.86. The summed E-state index contributed by atoms with van der Waals surface area (Å²) >= 11 is 0. The lowest BCUT2D eigenvalue weighted by Gasteiger charge is -2.27. The minimum absolute atomic E-state index is 0.0569. The molecule has 0 aromatic carbocycles. The number of nitrogens with one attached hydrogen (secondary N) is 1. The van der Waals surface area contributed by atoms with E-state index in [2.05, 4.69) is 5.32 Å². The van der Waals surface area contributed by atoms with E-state index in [0.717, 1.165) is 4.90 Å². The molecule has 0 spiro atoms. The molecular weight excluding hydrogens is 277 g/mol. The molecule has 0 aliphatic carbocycles. The average molecular weight is 296 g/mol. The normalized spacial score (nSPS) is 24.8. The predicted octanol–water partition coefficient (Wildman–Crippen LogP) is 1.24. The van der Waals surface area contributed by atoms with Gasteiger partial charge < -0.3 is 15.3 Å². The Hall–Kier alpha value is -1.31. The Bertz CT molecular complexity index is 387. The van der Waals surface area contributed by atoms with Gasteiger partial charge in [0.15, 0.2) is 5.41 Å². The third-order valence-electron chi connectivity index (χ3n) is 3.61. The maximum atomic E-state index is 13.0. The standard InChI is InChI=1S/C12H19F3N2O3/c1-3-16-8(2)6-9(18)17-5-4-11(7-17,10(19)20)12(13,14)15/h8,16H,3-7H2,1-2H3,(H,19,20). The van der Waals surface area contributed by atoms with Crippen LogP contribution in [0.15, 0.2) is 0 Å². The summed E-state index contributed by atoms with van der Waals surface area (Å²) < 4.78 is 38.9. The van der Waals surface area contributed by atoms with Crippen molar-refractivity contribution in [2.45, 2.75) is 38.9 Å². The fourth-order valence-corrected chi connectivity index (χ4v) is 2.36. The van der Waals surface area contributed by atoms with E-state index >= 15 is 0 Å². The van der Waals surface area contributed by atoms with Gasteiger partial charge in [0.25, 0.3) is 0 Å². The summed E-state index contributed by atoms with van der Waals surface area (Å²) in [6.45, 7) is 3.28. The predicted molar refractivity (Wildman–Crippen MR) is 65.1 cm³/mol. The number of aliphatic carboxylic acids is 1. The molecule has 20 heavy (non-hydrogen) atoms. The molecule has 1 amide bonds. The van der Waals surface area contributed by atoms with E-state index in [1.165, 1.54) is 0 Å². The first-order valence-corrected chi connectivity index (χ1v) is 6.45. The van der Waals surface area contributed by atoms with Crippen molar-refractivity contribution in [3.63, 3.8) is 0 Å². The maximum absolute atomic E-state index is 13.0. The Morgan fingerprint density at radius 1 is 1.45 bits per heavy atom. The van der Waals surface area contributed by atoms with Gasteiger partial charge in [-0.1, -0.05) is 6.92 Å². The summed E-state index contributed by atoms with van der Waals surface area (Å²) in [6, 6.07) is -0.154. The Balaban J connectivity index is 2.75. The molecule has 2 atom stereocenters. The average Bonchev–Trinajstić information content (AvgIpc) is 2.74. The number of carboxylic acid groups (broad SMARTS) is 1. The molecule has 0 radical (unpaired) electrons. The highest BCUT2D eigenvalue weighted by molar-refractivity contribution is 5.81. The first-order chi connectivity index (χ1) is 9.14. The SMILES string of the molecule is CCNC(C)CC(=O)N1CCC(C(=O)O)(C(F)(F)F)C1. The number of hydrogen-bond acceptors (Lipinski definition) is 3. The summed E-state index contributed by atoms with van der Waals surface area (Å²) in [6.07, 6.45) is -5.39. The number of alkyl halides is 3. The van der Waals surface area contributed by atoms with Gasteiger partial charge in [-0.05, 0) is 19.9 Å². The van der Waals surface area contributed by atoms with E-state index < -0.39 is 36.4 Å². The van der Waals surface area contributed by atoms with Crippen LogP contribution in [0.4, 0.5) is 13.2 Å². The Morgan fingerprint density at radius 3 is 2.45 bits per heavy atom. The van der Waals surface area contributed by atoms with E-state index in [9.17, 15) is 22.8 Å². The number of nitrogens with zero attached hydrogens (tertiary/aromatic N) is 1. The number of halogens is 3. The lowest BCUT2D eigenvalue weighted by molar-refractivity contribution is -0.227. The van der Waals surface area contributed by atoms with Crippen LogP contribution in [0.1, 0.15) is 26.7 Å². The second kappa shape index (κ2) is 5.99. The molecule has 1 aliphatic heterocycles. The van der Waals surface area contributed by atoms with E-state index in [0.29, 0.717) is 6.54 Å². The van der Waals surface area contributed by atoms with Crippen molar-refractivity contribution >= 4 is 11.9 Å². The van der Waals surface area contributed by atoms with Crippen LogP contribution >= 0.6 is 0 Å². The Morgan fingerprint density at radius 2 is 2.05 bits per heavy atom. The first-order valence-electron chi connectivity index (χ1n) is 6.45. The van der Waals surface area contributed by atoms with Crippen LogP contribution in [0.3, 0.4) is 0 Å². The largest absolute Gasteiger partial charge is 0.481 e. The summed E-state index contributed by atoms with van der Waals surface area (Å²) in [5.41, 5.74) is -2.83. The zero-order valence-electron chi connectivity index (χ0n) is 11.5. The van der Waals surface area contributed by atoms with Crippen LogP contribution in [0, 0.1) is 5.41 Å². The minimum Gasteiger partial charge on any atom is -0.481 e. The van der Waals surface area contributed by atoms with Gasteiger partial charge in [0.1, 0.15) is 0 Å². The van der Waals surface area contributed by atoms with E-state index in [1.54, 1.807) is 6.92 Å². The Kier molecular flexibility index (Phi) is 5.01. The van der Waals surface area contributed by atoms with Gasteiger partial charge in [0.2, 0.25) is 5.91 Å². The highest BCUT2D eigenvalue weighted by Gasteiger charge is 2.64. The molecule has 0 aromatic rings. The zero-order valence-corrected chi connectivity index (χ0v) is 11.5. The number of carboxylic acids is 1. The number of hydrogen-bond donors (Lipinski definition) is 2. The summed E-state index contributed by atoms with van der Waals surface area (Å²) in [5, 5.41) is 11.9. The molecule has 116 valence electrons. The second-order valence-corrected chi connectivity index (χ2v) is 5.11. The Labute approximate surface area is 115 Å². The molecule has 0 bridgehead atoms. The summed E-state index contributed by atoms with van der Waals surface area (Å²) in [5.74, 6) is -2.37. The first kappa shape index (κ1) is 16.7. The maximum Gasteiger partial charge on any atom is 0.406 e. The third-order valence-corrected chi connectivity index (χ3v) is 3.61. The molecule has 8 heteroatoms. The molecule has 2 unspecified atom stereocenters. The number of likely N-dealkylation sites (tertiary alicyclic amines) is 1. The van der Waals surface area contributed by atoms with Crippen molar-refractivity contribution in [3.8, 4) is 0 Å². The fourth-order valence-electron chi connectivity index (χ4n) is 2.36. The molecule has 1 fully saturated rings. The molecule has 5 nitrogen and oxygen atoms in total. The smallest absolute Gasteiger partial charge is 0.406 e. The van der Waals surface area contributed by atoms with Gasteiger partial charge >= 0.3 is 12.1 Å². The number of rotatable bonds is 5. The number of carbonyl (C=O) groups is 2. The quantitative estimate of drug-likeness (QED) is 0.801. The van der Waals surface area contributed by atoms with Crippen molar-refractivity contribution < 1.29 is 27.9 Å². The van der Waals surface area contributed by atoms with Gasteiger partial charge in [-0.2, -0.15) is 13.2 Å². The van der Waals surface area contributed by atoms with Crippen LogP contribution in [-0.4, -0.2) is 53.7 Å². The van der Waals surface area contributed by atoms with Crippen LogP contribution < -0.4 is 5.32 Å². The van der Waals surface area contributed by atoms with Gasteiger partial charge in [-0.3, -0.25) is 9.59 Å². The third kappa shape index (κ3) is 3.23. The molecule has 1 saturated heterocycles. The second-order valence-electron chi connectivity index (χ2n) is 5.11. The molecule has 1 aliphatic rings. The van der Waals surface area contributed by atoms with Crippen molar-refractivity contribution in [1.82, 2.24) is 10.2 Å². The summed E-state index contributed by atoms with van der Waals surface area (Å²) in [4.78, 5) is 23.9. The van der Waals surface area contributed by atoms with E-state index in [-0.39, 0.29) is 19.0 Å². The van der Waals surface area contributed by atoms with Crippen LogP contribution in [0.2, 0.25) is 0 Å². The van der Waals surface area contributed by atoms with E-state index in [1.807, 2.05) is 6.92 Å².